The lowest BCUT2D eigenvalue weighted by Crippen LogP contribution is -2.53. The van der Waals surface area contributed by atoms with Gasteiger partial charge in [-0.05, 0) is 0 Å². The minimum Gasteiger partial charge on any atom is -0.394 e. The topological polar surface area (TPSA) is 251 Å². The summed E-state index contributed by atoms with van der Waals surface area (Å²) >= 11 is 0. The van der Waals surface area contributed by atoms with E-state index >= 15 is 0 Å². The first kappa shape index (κ1) is 25.5. The van der Waals surface area contributed by atoms with Gasteiger partial charge >= 0.3 is 15.6 Å². The molecule has 0 rings (SSSR count). The number of aliphatic hydroxyl groups is 4. The van der Waals surface area contributed by atoms with E-state index in [4.69, 9.17) is 29.8 Å². The molecular formula is C8H19NO13P2. The van der Waals surface area contributed by atoms with Gasteiger partial charge in [-0.3, -0.25) is 4.79 Å². The summed E-state index contributed by atoms with van der Waals surface area (Å²) in [6, 6.07) is -1.32. The van der Waals surface area contributed by atoms with E-state index in [0.717, 1.165) is 6.92 Å². The van der Waals surface area contributed by atoms with Crippen molar-refractivity contribution in [3.63, 3.8) is 0 Å². The number of aldehydes is 1. The van der Waals surface area contributed by atoms with Crippen LogP contribution < -0.4 is 5.32 Å². The summed E-state index contributed by atoms with van der Waals surface area (Å²) in [5.74, 6) is -0.558. The van der Waals surface area contributed by atoms with E-state index < -0.39 is 52.5 Å². The molecule has 1 amide bonds. The number of hydrogen-bond donors (Lipinski definition) is 9. The second kappa shape index (κ2) is 11.0. The van der Waals surface area contributed by atoms with Crippen molar-refractivity contribution in [3.05, 3.63) is 0 Å². The number of phosphoric acid groups is 2. The molecule has 0 heterocycles. The van der Waals surface area contributed by atoms with E-state index in [1.807, 2.05) is 0 Å². The molecule has 0 unspecified atom stereocenters. The first-order chi connectivity index (χ1) is 10.6. The number of amides is 1. The standard InChI is InChI=1S/C8H15NO6.H4O7P2/c1-4(12)9-5(2-10)7(14)8(15)6(13)3-11;1-8(2,3)7-9(4,5)6/h2,5-8,11,13-15H,3H2,1H3,(H,9,12);(H2,1,2,3)(H2,4,5,6)/t5-,6+,7+,8+;/m0./s1. The summed E-state index contributed by atoms with van der Waals surface area (Å²) in [6.45, 7) is 0.377. The van der Waals surface area contributed by atoms with Crippen molar-refractivity contribution in [1.29, 1.82) is 0 Å². The van der Waals surface area contributed by atoms with E-state index in [0.29, 0.717) is 0 Å². The molecule has 0 aromatic heterocycles. The summed E-state index contributed by atoms with van der Waals surface area (Å²) in [4.78, 5) is 52.1. The molecule has 0 aromatic rings. The van der Waals surface area contributed by atoms with Crippen LogP contribution in [0.3, 0.4) is 0 Å². The Kier molecular flexibility index (Phi) is 11.6. The summed E-state index contributed by atoms with van der Waals surface area (Å²) in [6.07, 6.45) is -4.72. The van der Waals surface area contributed by atoms with Crippen molar-refractivity contribution in [2.24, 2.45) is 0 Å². The average molecular weight is 399 g/mol. The van der Waals surface area contributed by atoms with Crippen molar-refractivity contribution in [1.82, 2.24) is 5.32 Å². The van der Waals surface area contributed by atoms with E-state index in [1.165, 1.54) is 0 Å². The van der Waals surface area contributed by atoms with Crippen LogP contribution in [-0.4, -0.2) is 83.2 Å². The second-order valence-electron chi connectivity index (χ2n) is 4.16. The molecule has 0 aliphatic rings. The van der Waals surface area contributed by atoms with Gasteiger partial charge in [0.15, 0.2) is 0 Å². The maximum absolute atomic E-state index is 10.6. The highest BCUT2D eigenvalue weighted by Crippen LogP contribution is 2.53. The molecule has 0 aliphatic carbocycles. The first-order valence-corrected chi connectivity index (χ1v) is 8.90. The van der Waals surface area contributed by atoms with Crippen LogP contribution in [0.4, 0.5) is 0 Å². The Bertz CT molecular complexity index is 466. The van der Waals surface area contributed by atoms with Crippen molar-refractivity contribution < 1.29 is 63.0 Å². The highest BCUT2D eigenvalue weighted by Gasteiger charge is 2.31. The quantitative estimate of drug-likeness (QED) is 0.139. The van der Waals surface area contributed by atoms with Crippen molar-refractivity contribution in [3.8, 4) is 0 Å². The predicted octanol–water partition coefficient (Wildman–Crippen LogP) is -4.05. The van der Waals surface area contributed by atoms with Crippen molar-refractivity contribution in [2.45, 2.75) is 31.3 Å². The molecule has 4 atom stereocenters. The van der Waals surface area contributed by atoms with Crippen LogP contribution in [0.15, 0.2) is 0 Å². The Morgan fingerprint density at radius 2 is 1.50 bits per heavy atom. The zero-order valence-electron chi connectivity index (χ0n) is 12.1. The lowest BCUT2D eigenvalue weighted by Gasteiger charge is -2.25. The summed E-state index contributed by atoms with van der Waals surface area (Å²) in [5, 5.41) is 38.2. The Balaban J connectivity index is 0. The largest absolute Gasteiger partial charge is 0.478 e. The molecule has 14 nitrogen and oxygen atoms in total. The van der Waals surface area contributed by atoms with Crippen LogP contribution >= 0.6 is 15.6 Å². The number of carbonyl (C=O) groups excluding carboxylic acids is 2. The third-order valence-electron chi connectivity index (χ3n) is 2.03. The molecule has 24 heavy (non-hydrogen) atoms. The average Bonchev–Trinajstić information content (AvgIpc) is 2.38. The van der Waals surface area contributed by atoms with Gasteiger partial charge < -0.3 is 50.1 Å². The highest BCUT2D eigenvalue weighted by atomic mass is 31.3. The predicted molar refractivity (Wildman–Crippen MR) is 73.9 cm³/mol. The van der Waals surface area contributed by atoms with Crippen LogP contribution in [-0.2, 0) is 23.0 Å². The maximum atomic E-state index is 10.6. The van der Waals surface area contributed by atoms with Gasteiger partial charge in [-0.1, -0.05) is 0 Å². The fraction of sp³-hybridized carbons (Fsp3) is 0.750. The molecule has 0 aliphatic heterocycles. The Morgan fingerprint density at radius 3 is 1.71 bits per heavy atom. The zero-order valence-corrected chi connectivity index (χ0v) is 13.9. The van der Waals surface area contributed by atoms with Crippen LogP contribution in [0.5, 0.6) is 0 Å². The smallest absolute Gasteiger partial charge is 0.394 e. The van der Waals surface area contributed by atoms with Crippen LogP contribution in [0.2, 0.25) is 0 Å². The van der Waals surface area contributed by atoms with Crippen LogP contribution in [0.25, 0.3) is 0 Å². The Hall–Kier alpha value is -0.760. The van der Waals surface area contributed by atoms with Gasteiger partial charge in [-0.15, -0.1) is 0 Å². The molecule has 144 valence electrons. The van der Waals surface area contributed by atoms with Crippen LogP contribution in [0, 0.1) is 0 Å². The van der Waals surface area contributed by atoms with Gasteiger partial charge in [-0.25, -0.2) is 9.13 Å². The normalized spacial score (nSPS) is 16.9. The van der Waals surface area contributed by atoms with E-state index in [2.05, 4.69) is 9.63 Å². The van der Waals surface area contributed by atoms with E-state index in [-0.39, 0.29) is 6.29 Å². The molecule has 0 fully saturated rings. The number of rotatable bonds is 8. The molecule has 0 aromatic carbocycles. The van der Waals surface area contributed by atoms with Gasteiger partial charge in [0.25, 0.3) is 0 Å². The van der Waals surface area contributed by atoms with Crippen molar-refractivity contribution in [2.75, 3.05) is 6.61 Å². The van der Waals surface area contributed by atoms with Gasteiger partial charge in [0.2, 0.25) is 5.91 Å². The Labute approximate surface area is 135 Å². The molecule has 0 radical (unpaired) electrons. The third-order valence-corrected chi connectivity index (χ3v) is 3.73. The van der Waals surface area contributed by atoms with E-state index in [9.17, 15) is 28.9 Å². The molecule has 0 saturated heterocycles. The molecule has 0 bridgehead atoms. The van der Waals surface area contributed by atoms with Crippen LogP contribution in [0.1, 0.15) is 6.92 Å². The lowest BCUT2D eigenvalue weighted by atomic mass is 10.0. The first-order valence-electron chi connectivity index (χ1n) is 5.84. The van der Waals surface area contributed by atoms with Gasteiger partial charge in [0, 0.05) is 6.92 Å². The molecule has 0 spiro atoms. The molecule has 0 saturated carbocycles. The third kappa shape index (κ3) is 13.7. The molecule has 16 heteroatoms. The minimum atomic E-state index is -5.05. The maximum Gasteiger partial charge on any atom is 0.478 e. The van der Waals surface area contributed by atoms with Gasteiger partial charge in [-0.2, -0.15) is 4.31 Å². The SMILES string of the molecule is CC(=O)N[C@@H](C=O)[C@@H](O)[C@H](O)[C@H](O)CO.O=P(O)(O)OP(=O)(O)O. The second-order valence-corrected chi connectivity index (χ2v) is 6.77. The monoisotopic (exact) mass is 399 g/mol. The van der Waals surface area contributed by atoms with E-state index in [1.54, 1.807) is 0 Å². The summed E-state index contributed by atoms with van der Waals surface area (Å²) in [7, 11) is -10.1. The lowest BCUT2D eigenvalue weighted by molar-refractivity contribution is -0.129. The van der Waals surface area contributed by atoms with Gasteiger partial charge in [0.05, 0.1) is 6.61 Å². The Morgan fingerprint density at radius 1 is 1.08 bits per heavy atom. The highest BCUT2D eigenvalue weighted by molar-refractivity contribution is 7.60. The number of aliphatic hydroxyl groups excluding tert-OH is 4. The molecule has 9 N–H and O–H groups in total. The molecular weight excluding hydrogens is 380 g/mol. The number of nitrogens with one attached hydrogen (secondary N) is 1. The number of carbonyl (C=O) groups is 2. The summed E-state index contributed by atoms with van der Waals surface area (Å²) < 4.78 is 22.2. The minimum absolute atomic E-state index is 0.235. The zero-order chi connectivity index (χ0) is 19.7. The van der Waals surface area contributed by atoms with Gasteiger partial charge in [0.1, 0.15) is 30.6 Å². The fourth-order valence-corrected chi connectivity index (χ4v) is 2.23. The fourth-order valence-electron chi connectivity index (χ4n) is 1.12. The summed E-state index contributed by atoms with van der Waals surface area (Å²) in [5.41, 5.74) is 0. The number of hydrogen-bond acceptors (Lipinski definition) is 9. The van der Waals surface area contributed by atoms with Crippen molar-refractivity contribution >= 4 is 27.8 Å².